The van der Waals surface area contributed by atoms with Crippen LogP contribution in [0.1, 0.15) is 12.0 Å². The highest BCUT2D eigenvalue weighted by atomic mass is 32.3. The third-order valence-electron chi connectivity index (χ3n) is 3.72. The van der Waals surface area contributed by atoms with Gasteiger partial charge in [-0.3, -0.25) is 4.79 Å². The van der Waals surface area contributed by atoms with Gasteiger partial charge in [0.1, 0.15) is 0 Å². The summed E-state index contributed by atoms with van der Waals surface area (Å²) in [6.45, 7) is -0.159. The molecule has 0 aromatic heterocycles. The van der Waals surface area contributed by atoms with Crippen molar-refractivity contribution in [3.05, 3.63) is 35.9 Å². The number of amides is 1. The van der Waals surface area contributed by atoms with Crippen LogP contribution in [0.15, 0.2) is 30.3 Å². The van der Waals surface area contributed by atoms with E-state index in [-0.39, 0.29) is 26.2 Å². The summed E-state index contributed by atoms with van der Waals surface area (Å²) in [4.78, 5) is 24.4. The first-order valence-corrected chi connectivity index (χ1v) is 8.88. The summed E-state index contributed by atoms with van der Waals surface area (Å²) >= 11 is 0. The number of carbonyl (C=O) groups excluding carboxylic acids is 1. The number of hydrogen-bond acceptors (Lipinski definition) is 5. The van der Waals surface area contributed by atoms with Crippen LogP contribution in [-0.2, 0) is 31.2 Å². The van der Waals surface area contributed by atoms with Gasteiger partial charge < -0.3 is 14.7 Å². The number of carbonyl (C=O) groups is 2. The molecule has 1 aromatic rings. The Morgan fingerprint density at radius 2 is 2.04 bits per heavy atom. The van der Waals surface area contributed by atoms with Crippen LogP contribution in [0, 0.1) is 5.92 Å². The predicted molar refractivity (Wildman–Crippen MR) is 82.2 cm³/mol. The summed E-state index contributed by atoms with van der Waals surface area (Å²) in [6.07, 6.45) is -0.189. The van der Waals surface area contributed by atoms with Crippen LogP contribution in [0.4, 0.5) is 3.89 Å². The van der Waals surface area contributed by atoms with E-state index < -0.39 is 39.8 Å². The molecule has 0 saturated carbocycles. The number of benzene rings is 1. The number of carboxylic acid groups (broad SMARTS) is 1. The van der Waals surface area contributed by atoms with Gasteiger partial charge in [-0.15, -0.1) is 3.89 Å². The zero-order valence-electron chi connectivity index (χ0n) is 12.8. The van der Waals surface area contributed by atoms with Crippen LogP contribution >= 0.6 is 0 Å². The first kappa shape index (κ1) is 18.3. The van der Waals surface area contributed by atoms with Crippen molar-refractivity contribution in [1.82, 2.24) is 4.90 Å². The number of nitrogens with zero attached hydrogens (tertiary/aromatic N) is 1. The molecule has 1 amide bonds. The Kier molecular flexibility index (Phi) is 5.89. The van der Waals surface area contributed by atoms with Crippen molar-refractivity contribution < 1.29 is 31.7 Å². The Labute approximate surface area is 139 Å². The Bertz CT molecular complexity index is 693. The molecular weight excluding hydrogens is 341 g/mol. The van der Waals surface area contributed by atoms with Crippen molar-refractivity contribution in [3.8, 4) is 0 Å². The molecular formula is C15H18FNO6S. The van der Waals surface area contributed by atoms with Gasteiger partial charge in [-0.2, -0.15) is 8.42 Å². The molecule has 0 bridgehead atoms. The van der Waals surface area contributed by atoms with E-state index in [0.717, 1.165) is 10.5 Å². The molecule has 132 valence electrons. The van der Waals surface area contributed by atoms with Crippen LogP contribution in [0.25, 0.3) is 0 Å². The fourth-order valence-corrected chi connectivity index (χ4v) is 3.45. The number of ether oxygens (including phenoxy) is 1. The van der Waals surface area contributed by atoms with E-state index in [1.54, 1.807) is 0 Å². The lowest BCUT2D eigenvalue weighted by molar-refractivity contribution is -0.151. The maximum Gasteiger partial charge on any atom is 0.328 e. The van der Waals surface area contributed by atoms with Gasteiger partial charge in [0.05, 0.1) is 19.0 Å². The minimum absolute atomic E-state index is 0.117. The maximum absolute atomic E-state index is 12.7. The molecule has 0 aliphatic carbocycles. The number of halogens is 1. The third-order valence-corrected chi connectivity index (χ3v) is 4.59. The van der Waals surface area contributed by atoms with Crippen LogP contribution in [0.2, 0.25) is 0 Å². The Hall–Kier alpha value is -2.00. The Morgan fingerprint density at radius 1 is 1.38 bits per heavy atom. The summed E-state index contributed by atoms with van der Waals surface area (Å²) < 4.78 is 39.5. The maximum atomic E-state index is 12.7. The van der Waals surface area contributed by atoms with Gasteiger partial charge in [0.2, 0.25) is 5.91 Å². The molecule has 1 saturated heterocycles. The molecule has 24 heavy (non-hydrogen) atoms. The van der Waals surface area contributed by atoms with Crippen molar-refractivity contribution >= 4 is 22.1 Å². The molecule has 9 heteroatoms. The van der Waals surface area contributed by atoms with Gasteiger partial charge in [-0.05, 0) is 5.56 Å². The van der Waals surface area contributed by atoms with Crippen LogP contribution in [-0.4, -0.2) is 55.2 Å². The van der Waals surface area contributed by atoms with E-state index in [1.807, 2.05) is 30.3 Å². The molecule has 1 aliphatic heterocycles. The highest BCUT2D eigenvalue weighted by molar-refractivity contribution is 7.86. The van der Waals surface area contributed by atoms with Gasteiger partial charge in [0.15, 0.2) is 6.04 Å². The lowest BCUT2D eigenvalue weighted by atomic mass is 10.1. The smallest absolute Gasteiger partial charge is 0.328 e. The predicted octanol–water partition coefficient (Wildman–Crippen LogP) is 0.804. The van der Waals surface area contributed by atoms with E-state index in [1.165, 1.54) is 0 Å². The average Bonchev–Trinajstić information content (AvgIpc) is 2.82. The summed E-state index contributed by atoms with van der Waals surface area (Å²) in [5.41, 5.74) is 0.857. The topological polar surface area (TPSA) is 101 Å². The van der Waals surface area contributed by atoms with Gasteiger partial charge in [-0.25, -0.2) is 4.79 Å². The summed E-state index contributed by atoms with van der Waals surface area (Å²) in [5, 5.41) is 9.30. The molecule has 1 N–H and O–H groups in total. The van der Waals surface area contributed by atoms with Crippen molar-refractivity contribution in [2.75, 3.05) is 18.9 Å². The second-order valence-electron chi connectivity index (χ2n) is 5.68. The number of rotatable bonds is 8. The fourth-order valence-electron chi connectivity index (χ4n) is 2.66. The van der Waals surface area contributed by atoms with Gasteiger partial charge >= 0.3 is 16.2 Å². The van der Waals surface area contributed by atoms with Crippen LogP contribution < -0.4 is 0 Å². The van der Waals surface area contributed by atoms with E-state index in [4.69, 9.17) is 4.74 Å². The number of aliphatic carboxylic acids is 1. The minimum Gasteiger partial charge on any atom is -0.480 e. The second-order valence-corrected chi connectivity index (χ2v) is 7.09. The second kappa shape index (κ2) is 7.71. The number of carboxylic acids is 1. The van der Waals surface area contributed by atoms with Crippen molar-refractivity contribution in [3.63, 3.8) is 0 Å². The van der Waals surface area contributed by atoms with E-state index >= 15 is 0 Å². The van der Waals surface area contributed by atoms with Crippen molar-refractivity contribution in [1.29, 1.82) is 0 Å². The molecule has 2 rings (SSSR count). The first-order chi connectivity index (χ1) is 11.3. The average molecular weight is 359 g/mol. The zero-order chi connectivity index (χ0) is 17.7. The summed E-state index contributed by atoms with van der Waals surface area (Å²) in [6, 6.07) is 7.88. The zero-order valence-corrected chi connectivity index (χ0v) is 13.6. The molecule has 1 unspecified atom stereocenters. The lowest BCUT2D eigenvalue weighted by Crippen LogP contribution is -2.45. The fraction of sp³-hybridized carbons (Fsp3) is 0.467. The third kappa shape index (κ3) is 5.27. The SMILES string of the molecule is O=C(O)[C@H](COCc1ccccc1)N1CC(CS(=O)(=O)F)CC1=O. The van der Waals surface area contributed by atoms with Crippen molar-refractivity contribution in [2.24, 2.45) is 5.92 Å². The molecule has 0 radical (unpaired) electrons. The van der Waals surface area contributed by atoms with E-state index in [2.05, 4.69) is 0 Å². The lowest BCUT2D eigenvalue weighted by Gasteiger charge is -2.24. The van der Waals surface area contributed by atoms with Gasteiger partial charge in [-0.1, -0.05) is 30.3 Å². The molecule has 1 heterocycles. The quantitative estimate of drug-likeness (QED) is 0.689. The van der Waals surface area contributed by atoms with Gasteiger partial charge in [0, 0.05) is 18.9 Å². The Balaban J connectivity index is 1.95. The van der Waals surface area contributed by atoms with Crippen LogP contribution in [0.5, 0.6) is 0 Å². The molecule has 0 spiro atoms. The molecule has 7 nitrogen and oxygen atoms in total. The molecule has 1 fully saturated rings. The molecule has 1 aliphatic rings. The monoisotopic (exact) mass is 359 g/mol. The normalized spacial score (nSPS) is 19.5. The van der Waals surface area contributed by atoms with E-state index in [9.17, 15) is 27.0 Å². The molecule has 1 aromatic carbocycles. The van der Waals surface area contributed by atoms with E-state index in [0.29, 0.717) is 0 Å². The number of hydrogen-bond donors (Lipinski definition) is 1. The van der Waals surface area contributed by atoms with Crippen molar-refractivity contribution in [2.45, 2.75) is 19.1 Å². The minimum atomic E-state index is -4.71. The first-order valence-electron chi connectivity index (χ1n) is 7.32. The standard InChI is InChI=1S/C15H18FNO6S/c16-24(21,22)10-12-6-14(18)17(7-12)13(15(19)20)9-23-8-11-4-2-1-3-5-11/h1-5,12-13H,6-10H2,(H,19,20)/t12?,13-/m0/s1. The number of likely N-dealkylation sites (tertiary alicyclic amines) is 1. The summed E-state index contributed by atoms with van der Waals surface area (Å²) in [5.74, 6) is -3.30. The highest BCUT2D eigenvalue weighted by Crippen LogP contribution is 2.22. The summed E-state index contributed by atoms with van der Waals surface area (Å²) in [7, 11) is -4.71. The highest BCUT2D eigenvalue weighted by Gasteiger charge is 2.39. The molecule has 2 atom stereocenters. The van der Waals surface area contributed by atoms with Crippen LogP contribution in [0.3, 0.4) is 0 Å². The Morgan fingerprint density at radius 3 is 2.62 bits per heavy atom. The largest absolute Gasteiger partial charge is 0.480 e. The van der Waals surface area contributed by atoms with Gasteiger partial charge in [0.25, 0.3) is 0 Å².